The van der Waals surface area contributed by atoms with Gasteiger partial charge < -0.3 is 15.2 Å². The molecule has 3 nitrogen and oxygen atoms in total. The number of hydrogen-bond acceptors (Lipinski definition) is 3. The lowest BCUT2D eigenvalue weighted by Gasteiger charge is -2.38. The molecule has 1 aliphatic carbocycles. The quantitative estimate of drug-likeness (QED) is 0.812. The Morgan fingerprint density at radius 3 is 2.80 bits per heavy atom. The van der Waals surface area contributed by atoms with Crippen LogP contribution in [0.15, 0.2) is 18.2 Å². The summed E-state index contributed by atoms with van der Waals surface area (Å²) in [6.45, 7) is 6.08. The third-order valence-electron chi connectivity index (χ3n) is 4.06. The molecule has 1 aromatic carbocycles. The van der Waals surface area contributed by atoms with Crippen LogP contribution >= 0.6 is 11.6 Å². The van der Waals surface area contributed by atoms with Crippen LogP contribution in [0.4, 0.5) is 0 Å². The largest absolute Gasteiger partial charge is 0.491 e. The van der Waals surface area contributed by atoms with Gasteiger partial charge in [0, 0.05) is 18.1 Å². The second-order valence-corrected chi connectivity index (χ2v) is 6.58. The molecule has 2 N–H and O–H groups in total. The van der Waals surface area contributed by atoms with E-state index in [9.17, 15) is 5.11 Å². The molecule has 1 unspecified atom stereocenters. The van der Waals surface area contributed by atoms with Crippen molar-refractivity contribution in [1.29, 1.82) is 0 Å². The summed E-state index contributed by atoms with van der Waals surface area (Å²) in [7, 11) is 0. The lowest BCUT2D eigenvalue weighted by atomic mass is 9.70. The fraction of sp³-hybridized carbons (Fsp3) is 0.625. The third-order valence-corrected chi connectivity index (χ3v) is 4.49. The van der Waals surface area contributed by atoms with Gasteiger partial charge in [-0.25, -0.2) is 0 Å². The number of ether oxygens (including phenoxy) is 1. The molecule has 0 aromatic heterocycles. The molecule has 0 spiro atoms. The molecule has 0 heterocycles. The fourth-order valence-electron chi connectivity index (χ4n) is 2.46. The van der Waals surface area contributed by atoms with Gasteiger partial charge in [0.05, 0.1) is 0 Å². The number of hydrogen-bond donors (Lipinski definition) is 2. The topological polar surface area (TPSA) is 41.5 Å². The maximum absolute atomic E-state index is 9.91. The molecule has 0 saturated heterocycles. The summed E-state index contributed by atoms with van der Waals surface area (Å²) in [6, 6.07) is 5.52. The highest BCUT2D eigenvalue weighted by Gasteiger charge is 2.31. The Morgan fingerprint density at radius 2 is 2.20 bits per heavy atom. The summed E-state index contributed by atoms with van der Waals surface area (Å²) >= 11 is 5.96. The predicted octanol–water partition coefficient (Wildman–Crippen LogP) is 3.17. The molecule has 0 radical (unpaired) electrons. The zero-order valence-electron chi connectivity index (χ0n) is 12.3. The molecule has 1 atom stereocenters. The lowest BCUT2D eigenvalue weighted by molar-refractivity contribution is 0.0946. The monoisotopic (exact) mass is 297 g/mol. The number of benzene rings is 1. The molecule has 0 amide bonds. The minimum Gasteiger partial charge on any atom is -0.491 e. The van der Waals surface area contributed by atoms with Crippen molar-refractivity contribution in [2.24, 2.45) is 5.41 Å². The summed E-state index contributed by atoms with van der Waals surface area (Å²) in [5, 5.41) is 14.0. The highest BCUT2D eigenvalue weighted by molar-refractivity contribution is 6.31. The molecule has 2 rings (SSSR count). The summed E-state index contributed by atoms with van der Waals surface area (Å²) in [4.78, 5) is 0. The zero-order chi connectivity index (χ0) is 14.6. The van der Waals surface area contributed by atoms with Gasteiger partial charge in [-0.05, 0) is 48.9 Å². The van der Waals surface area contributed by atoms with Crippen molar-refractivity contribution in [2.45, 2.75) is 39.2 Å². The van der Waals surface area contributed by atoms with Crippen molar-refractivity contribution in [3.63, 3.8) is 0 Å². The average Bonchev–Trinajstić information content (AvgIpc) is 2.38. The van der Waals surface area contributed by atoms with Gasteiger partial charge in [-0.1, -0.05) is 24.9 Å². The van der Waals surface area contributed by atoms with E-state index in [1.807, 2.05) is 25.1 Å². The fourth-order valence-corrected chi connectivity index (χ4v) is 2.57. The molecule has 0 aliphatic heterocycles. The lowest BCUT2D eigenvalue weighted by Crippen LogP contribution is -2.41. The average molecular weight is 298 g/mol. The van der Waals surface area contributed by atoms with Crippen LogP contribution in [0.1, 0.15) is 31.7 Å². The van der Waals surface area contributed by atoms with Crippen molar-refractivity contribution in [3.05, 3.63) is 28.8 Å². The first-order valence-electron chi connectivity index (χ1n) is 7.26. The standard InChI is InChI=1S/C16H24ClNO2/c1-12-8-14(4-5-15(12)17)20-10-13(19)9-18-11-16(2)6-3-7-16/h4-5,8,13,18-19H,3,6-7,9-11H2,1-2H3. The Balaban J connectivity index is 1.66. The van der Waals surface area contributed by atoms with E-state index in [1.54, 1.807) is 0 Å². The second kappa shape index (κ2) is 6.79. The van der Waals surface area contributed by atoms with E-state index in [0.29, 0.717) is 18.6 Å². The number of nitrogens with one attached hydrogen (secondary N) is 1. The Bertz CT molecular complexity index is 446. The second-order valence-electron chi connectivity index (χ2n) is 6.17. The van der Waals surface area contributed by atoms with Crippen molar-refractivity contribution in [2.75, 3.05) is 19.7 Å². The van der Waals surface area contributed by atoms with E-state index >= 15 is 0 Å². The molecule has 112 valence electrons. The number of aliphatic hydroxyl groups is 1. The van der Waals surface area contributed by atoms with Crippen LogP contribution in [0.2, 0.25) is 5.02 Å². The van der Waals surface area contributed by atoms with Gasteiger partial charge in [0.25, 0.3) is 0 Å². The van der Waals surface area contributed by atoms with Gasteiger partial charge in [-0.2, -0.15) is 0 Å². The van der Waals surface area contributed by atoms with Crippen LogP contribution in [-0.2, 0) is 0 Å². The summed E-state index contributed by atoms with van der Waals surface area (Å²) in [5.74, 6) is 0.747. The molecule has 20 heavy (non-hydrogen) atoms. The molecule has 0 bridgehead atoms. The molecular formula is C16H24ClNO2. The zero-order valence-corrected chi connectivity index (χ0v) is 13.0. The summed E-state index contributed by atoms with van der Waals surface area (Å²) < 4.78 is 5.58. The van der Waals surface area contributed by atoms with Crippen molar-refractivity contribution >= 4 is 11.6 Å². The summed E-state index contributed by atoms with van der Waals surface area (Å²) in [5.41, 5.74) is 1.42. The Labute approximate surface area is 126 Å². The van der Waals surface area contributed by atoms with Crippen LogP contribution in [0.3, 0.4) is 0 Å². The highest BCUT2D eigenvalue weighted by Crippen LogP contribution is 2.39. The molecular weight excluding hydrogens is 274 g/mol. The van der Waals surface area contributed by atoms with Gasteiger partial charge in [-0.15, -0.1) is 0 Å². The molecule has 1 aliphatic rings. The van der Waals surface area contributed by atoms with Crippen molar-refractivity contribution < 1.29 is 9.84 Å². The van der Waals surface area contributed by atoms with E-state index in [0.717, 1.165) is 22.9 Å². The van der Waals surface area contributed by atoms with Crippen LogP contribution in [0.5, 0.6) is 5.75 Å². The molecule has 1 saturated carbocycles. The minimum atomic E-state index is -0.491. The maximum atomic E-state index is 9.91. The van der Waals surface area contributed by atoms with E-state index in [2.05, 4.69) is 12.2 Å². The van der Waals surface area contributed by atoms with Gasteiger partial charge in [-0.3, -0.25) is 0 Å². The highest BCUT2D eigenvalue weighted by atomic mass is 35.5. The predicted molar refractivity (Wildman–Crippen MR) is 82.5 cm³/mol. The first-order valence-corrected chi connectivity index (χ1v) is 7.64. The van der Waals surface area contributed by atoms with Crippen LogP contribution in [0.25, 0.3) is 0 Å². The maximum Gasteiger partial charge on any atom is 0.119 e. The SMILES string of the molecule is Cc1cc(OCC(O)CNCC2(C)CCC2)ccc1Cl. The number of rotatable bonds is 7. The Morgan fingerprint density at radius 1 is 1.45 bits per heavy atom. The van der Waals surface area contributed by atoms with Crippen LogP contribution in [0, 0.1) is 12.3 Å². The van der Waals surface area contributed by atoms with E-state index in [-0.39, 0.29) is 0 Å². The van der Waals surface area contributed by atoms with Crippen LogP contribution in [-0.4, -0.2) is 30.9 Å². The summed E-state index contributed by atoms with van der Waals surface area (Å²) in [6.07, 6.45) is 3.42. The van der Waals surface area contributed by atoms with E-state index < -0.39 is 6.10 Å². The first kappa shape index (κ1) is 15.6. The number of aliphatic hydroxyl groups excluding tert-OH is 1. The van der Waals surface area contributed by atoms with Gasteiger partial charge in [0.2, 0.25) is 0 Å². The van der Waals surface area contributed by atoms with Gasteiger partial charge >= 0.3 is 0 Å². The normalized spacial score (nSPS) is 18.4. The minimum absolute atomic E-state index is 0.296. The number of halogens is 1. The molecule has 4 heteroatoms. The first-order chi connectivity index (χ1) is 9.48. The van der Waals surface area contributed by atoms with Gasteiger partial charge in [0.15, 0.2) is 0 Å². The van der Waals surface area contributed by atoms with E-state index in [4.69, 9.17) is 16.3 Å². The third kappa shape index (κ3) is 4.37. The van der Waals surface area contributed by atoms with Crippen molar-refractivity contribution in [3.8, 4) is 5.75 Å². The van der Waals surface area contributed by atoms with E-state index in [1.165, 1.54) is 19.3 Å². The molecule has 1 fully saturated rings. The number of aryl methyl sites for hydroxylation is 1. The Kier molecular flexibility index (Phi) is 5.30. The van der Waals surface area contributed by atoms with Crippen LogP contribution < -0.4 is 10.1 Å². The van der Waals surface area contributed by atoms with Gasteiger partial charge in [0.1, 0.15) is 18.5 Å². The Hall–Kier alpha value is -0.770. The van der Waals surface area contributed by atoms with Crippen molar-refractivity contribution in [1.82, 2.24) is 5.32 Å². The smallest absolute Gasteiger partial charge is 0.119 e. The molecule has 1 aromatic rings.